The zero-order valence-electron chi connectivity index (χ0n) is 29.4. The number of nitro groups is 2. The van der Waals surface area contributed by atoms with Crippen molar-refractivity contribution in [1.29, 1.82) is 0 Å². The maximum atomic E-state index is 10.9. The molecular weight excluding hydrogens is 744 g/mol. The molecule has 0 bridgehead atoms. The molecule has 6 rings (SSSR count). The van der Waals surface area contributed by atoms with Gasteiger partial charge in [0.1, 0.15) is 11.5 Å². The number of hydrogen-bond acceptors (Lipinski definition) is 14. The average molecular weight is 777 g/mol. The van der Waals surface area contributed by atoms with Gasteiger partial charge in [0.2, 0.25) is 23.6 Å². The highest BCUT2D eigenvalue weighted by Gasteiger charge is 2.17. The highest BCUT2D eigenvalue weighted by atomic mass is 35.5. The lowest BCUT2D eigenvalue weighted by molar-refractivity contribution is -0.385. The van der Waals surface area contributed by atoms with Crippen LogP contribution >= 0.6 is 35.1 Å². The van der Waals surface area contributed by atoms with E-state index in [1.165, 1.54) is 23.9 Å². The molecule has 274 valence electrons. The van der Waals surface area contributed by atoms with Gasteiger partial charge in [0.15, 0.2) is 0 Å². The number of ether oxygens (including phenoxy) is 2. The summed E-state index contributed by atoms with van der Waals surface area (Å²) in [7, 11) is 3.21. The molecule has 0 aliphatic carbocycles. The zero-order valence-corrected chi connectivity index (χ0v) is 31.8. The van der Waals surface area contributed by atoms with Crippen molar-refractivity contribution in [1.82, 2.24) is 20.4 Å². The second kappa shape index (κ2) is 17.4. The first-order valence-corrected chi connectivity index (χ1v) is 18.1. The van der Waals surface area contributed by atoms with Crippen molar-refractivity contribution in [2.75, 3.05) is 14.2 Å². The van der Waals surface area contributed by atoms with E-state index in [1.807, 2.05) is 44.2 Å². The summed E-state index contributed by atoms with van der Waals surface area (Å²) < 4.78 is 22.0. The molecule has 0 saturated heterocycles. The van der Waals surface area contributed by atoms with Gasteiger partial charge in [-0.1, -0.05) is 11.6 Å². The van der Waals surface area contributed by atoms with Crippen molar-refractivity contribution in [3.05, 3.63) is 126 Å². The minimum absolute atomic E-state index is 0.0548. The Labute approximate surface area is 317 Å². The quantitative estimate of drug-likeness (QED) is 0.0650. The first kappa shape index (κ1) is 38.8. The van der Waals surface area contributed by atoms with Gasteiger partial charge in [-0.25, -0.2) is 0 Å². The van der Waals surface area contributed by atoms with Gasteiger partial charge in [0, 0.05) is 44.3 Å². The number of nitrogens with zero attached hydrogens (tertiary/aromatic N) is 6. The van der Waals surface area contributed by atoms with Crippen LogP contribution < -0.4 is 9.47 Å². The largest absolute Gasteiger partial charge is 0.497 e. The molecule has 0 saturated carbocycles. The van der Waals surface area contributed by atoms with E-state index in [0.29, 0.717) is 57.3 Å². The Balaban J connectivity index is 0.000000204. The summed E-state index contributed by atoms with van der Waals surface area (Å²) in [6.07, 6.45) is 0. The summed E-state index contributed by atoms with van der Waals surface area (Å²) >= 11 is 9.20. The minimum atomic E-state index is -0.420. The highest BCUT2D eigenvalue weighted by molar-refractivity contribution is 7.98. The summed E-state index contributed by atoms with van der Waals surface area (Å²) in [5.74, 6) is 4.04. The van der Waals surface area contributed by atoms with Crippen LogP contribution in [-0.4, -0.2) is 44.5 Å². The molecule has 2 aromatic heterocycles. The molecule has 6 aromatic rings. The van der Waals surface area contributed by atoms with Gasteiger partial charge in [-0.2, -0.15) is 0 Å². The number of halogens is 1. The second-order valence-corrected chi connectivity index (χ2v) is 13.9. The molecule has 0 aliphatic rings. The fraction of sp³-hybridized carbons (Fsp3) is 0.222. The number of benzene rings is 4. The topological polar surface area (TPSA) is 183 Å². The fourth-order valence-electron chi connectivity index (χ4n) is 4.93. The molecule has 0 atom stereocenters. The SMILES string of the molecule is COc1ccc(OC)c(SCc2nnc(-c3ccc([N+](=O)[O-])c(C)c3)o2)c1.Cc1cc(SCc2nnc(-c3ccc([N+](=O)[O-])c(C)c3)o2)c(C)cc1Cl. The molecule has 14 nitrogen and oxygen atoms in total. The standard InChI is InChI=1S/C18H16ClN3O3S.C18H17N3O5S/c1-10-8-16(12(3)7-14(10)19)26-9-17-20-21-18(25-17)13-4-5-15(22(23)24)11(2)6-13;1-11-8-12(4-6-14(11)21(22)23)18-20-19-17(26-18)10-27-16-9-13(24-2)5-7-15(16)25-3/h4-8H,9H2,1-3H3;4-9H,10H2,1-3H3. The van der Waals surface area contributed by atoms with Gasteiger partial charge in [-0.3, -0.25) is 20.2 Å². The molecule has 53 heavy (non-hydrogen) atoms. The molecule has 0 spiro atoms. The molecule has 0 unspecified atom stereocenters. The summed E-state index contributed by atoms with van der Waals surface area (Å²) in [6.45, 7) is 7.32. The first-order valence-electron chi connectivity index (χ1n) is 15.8. The third-order valence-corrected chi connectivity index (χ3v) is 10.3. The maximum absolute atomic E-state index is 10.9. The van der Waals surface area contributed by atoms with Crippen LogP contribution in [0.2, 0.25) is 5.02 Å². The van der Waals surface area contributed by atoms with E-state index in [1.54, 1.807) is 64.1 Å². The van der Waals surface area contributed by atoms with E-state index in [4.69, 9.17) is 29.9 Å². The fourth-order valence-corrected chi connectivity index (χ4v) is 6.98. The molecule has 0 N–H and O–H groups in total. The van der Waals surface area contributed by atoms with E-state index >= 15 is 0 Å². The molecule has 0 amide bonds. The van der Waals surface area contributed by atoms with Crippen molar-refractivity contribution < 1.29 is 28.2 Å². The first-order chi connectivity index (χ1) is 25.4. The molecule has 0 radical (unpaired) electrons. The van der Waals surface area contributed by atoms with Gasteiger partial charge < -0.3 is 18.3 Å². The Bertz CT molecular complexity index is 2280. The lowest BCUT2D eigenvalue weighted by atomic mass is 10.1. The Hall–Kier alpha value is -5.45. The number of aryl methyl sites for hydroxylation is 4. The van der Waals surface area contributed by atoms with Gasteiger partial charge in [-0.15, -0.1) is 43.9 Å². The van der Waals surface area contributed by atoms with Crippen molar-refractivity contribution in [2.24, 2.45) is 0 Å². The van der Waals surface area contributed by atoms with Crippen LogP contribution in [0.1, 0.15) is 34.0 Å². The summed E-state index contributed by atoms with van der Waals surface area (Å²) in [4.78, 5) is 23.0. The lowest BCUT2D eigenvalue weighted by Crippen LogP contribution is -1.91. The summed E-state index contributed by atoms with van der Waals surface area (Å²) in [5.41, 5.74) is 4.62. The van der Waals surface area contributed by atoms with Gasteiger partial charge in [0.05, 0.1) is 40.5 Å². The van der Waals surface area contributed by atoms with Crippen molar-refractivity contribution >= 4 is 46.5 Å². The molecule has 4 aromatic carbocycles. The Morgan fingerprint density at radius 3 is 1.64 bits per heavy atom. The van der Waals surface area contributed by atoms with E-state index in [9.17, 15) is 20.2 Å². The molecular formula is C36H33ClN6O8S2. The predicted molar refractivity (Wildman–Crippen MR) is 202 cm³/mol. The number of rotatable bonds is 12. The van der Waals surface area contributed by atoms with Crippen LogP contribution in [-0.2, 0) is 11.5 Å². The molecule has 0 aliphatic heterocycles. The Morgan fingerprint density at radius 2 is 1.17 bits per heavy atom. The molecule has 0 fully saturated rings. The van der Waals surface area contributed by atoms with Crippen molar-refractivity contribution in [3.63, 3.8) is 0 Å². The van der Waals surface area contributed by atoms with E-state index in [0.717, 1.165) is 37.4 Å². The number of methoxy groups -OCH3 is 2. The number of thioether (sulfide) groups is 2. The van der Waals surface area contributed by atoms with Gasteiger partial charge in [0.25, 0.3) is 11.4 Å². The molecule has 2 heterocycles. The average Bonchev–Trinajstić information content (AvgIpc) is 3.82. The predicted octanol–water partition coefficient (Wildman–Crippen LogP) is 9.78. The van der Waals surface area contributed by atoms with E-state index < -0.39 is 9.85 Å². The maximum Gasteiger partial charge on any atom is 0.272 e. The number of hydrogen-bond donors (Lipinski definition) is 0. The number of nitro benzene ring substituents is 2. The monoisotopic (exact) mass is 776 g/mol. The van der Waals surface area contributed by atoms with Crippen LogP contribution in [0.5, 0.6) is 11.5 Å². The van der Waals surface area contributed by atoms with E-state index in [2.05, 4.69) is 20.4 Å². The zero-order chi connectivity index (χ0) is 38.2. The second-order valence-electron chi connectivity index (χ2n) is 11.5. The minimum Gasteiger partial charge on any atom is -0.497 e. The van der Waals surface area contributed by atoms with Crippen LogP contribution in [0.15, 0.2) is 85.4 Å². The van der Waals surface area contributed by atoms with Crippen LogP contribution in [0.25, 0.3) is 22.9 Å². The normalized spacial score (nSPS) is 10.8. The van der Waals surface area contributed by atoms with Crippen molar-refractivity contribution in [2.45, 2.75) is 49.0 Å². The van der Waals surface area contributed by atoms with Gasteiger partial charge in [-0.05, 0) is 93.4 Å². The number of aromatic nitrogens is 4. The Kier molecular flexibility index (Phi) is 12.7. The van der Waals surface area contributed by atoms with E-state index in [-0.39, 0.29) is 11.4 Å². The molecule has 17 heteroatoms. The third kappa shape index (κ3) is 9.71. The highest BCUT2D eigenvalue weighted by Crippen LogP contribution is 2.35. The van der Waals surface area contributed by atoms with Gasteiger partial charge >= 0.3 is 0 Å². The summed E-state index contributed by atoms with van der Waals surface area (Å²) in [5, 5.41) is 38.8. The Morgan fingerprint density at radius 1 is 0.642 bits per heavy atom. The lowest BCUT2D eigenvalue weighted by Gasteiger charge is -2.08. The van der Waals surface area contributed by atoms with Crippen LogP contribution in [0.3, 0.4) is 0 Å². The van der Waals surface area contributed by atoms with Crippen molar-refractivity contribution in [3.8, 4) is 34.4 Å². The third-order valence-electron chi connectivity index (χ3n) is 7.74. The van der Waals surface area contributed by atoms with Crippen LogP contribution in [0.4, 0.5) is 11.4 Å². The smallest absolute Gasteiger partial charge is 0.272 e. The summed E-state index contributed by atoms with van der Waals surface area (Å²) in [6, 6.07) is 18.9. The van der Waals surface area contributed by atoms with Crippen LogP contribution in [0, 0.1) is 47.9 Å².